The standard InChI is InChI=1S/C25H24F3NO8S/c1-15-20(36-24(32)35-15)12-34-21(17-4-3-5-19(11-17)37-25(26,27)28)13-33-18-8-6-16(7-9-18)10-22(38-2)23(31)29-14-30/h3-9,11,14,21-22H,10,12-13H2,1-2H3,(H,29,30,31). The quantitative estimate of drug-likeness (QED) is 0.308. The molecule has 0 fully saturated rings. The molecule has 0 spiro atoms. The van der Waals surface area contributed by atoms with Crippen LogP contribution in [-0.4, -0.2) is 36.8 Å². The van der Waals surface area contributed by atoms with Crippen LogP contribution in [0.5, 0.6) is 11.5 Å². The van der Waals surface area contributed by atoms with Gasteiger partial charge in [0.1, 0.15) is 36.6 Å². The number of hydrogen-bond donors (Lipinski definition) is 1. The van der Waals surface area contributed by atoms with Crippen LogP contribution in [0.25, 0.3) is 0 Å². The highest BCUT2D eigenvalue weighted by molar-refractivity contribution is 7.99. The molecule has 1 N–H and O–H groups in total. The van der Waals surface area contributed by atoms with Gasteiger partial charge in [-0.1, -0.05) is 24.3 Å². The predicted octanol–water partition coefficient (Wildman–Crippen LogP) is 4.32. The van der Waals surface area contributed by atoms with E-state index in [2.05, 4.69) is 10.1 Å². The van der Waals surface area contributed by atoms with E-state index in [1.807, 2.05) is 0 Å². The fraction of sp³-hybridized carbons (Fsp3) is 0.320. The van der Waals surface area contributed by atoms with Crippen molar-refractivity contribution in [2.24, 2.45) is 0 Å². The number of imide groups is 1. The van der Waals surface area contributed by atoms with E-state index in [0.29, 0.717) is 24.1 Å². The molecule has 3 aromatic rings. The zero-order valence-electron chi connectivity index (χ0n) is 20.3. The summed E-state index contributed by atoms with van der Waals surface area (Å²) in [6, 6.07) is 12.1. The lowest BCUT2D eigenvalue weighted by molar-refractivity contribution is -0.274. The van der Waals surface area contributed by atoms with Gasteiger partial charge in [0, 0.05) is 0 Å². The Morgan fingerprint density at radius 1 is 1.13 bits per heavy atom. The summed E-state index contributed by atoms with van der Waals surface area (Å²) in [5.74, 6) is -0.941. The second-order valence-electron chi connectivity index (χ2n) is 7.86. The number of aryl methyl sites for hydroxylation is 1. The van der Waals surface area contributed by atoms with Gasteiger partial charge in [0.2, 0.25) is 12.3 Å². The van der Waals surface area contributed by atoms with E-state index in [0.717, 1.165) is 11.6 Å². The lowest BCUT2D eigenvalue weighted by Crippen LogP contribution is -2.32. The molecule has 0 saturated carbocycles. The highest BCUT2D eigenvalue weighted by Gasteiger charge is 2.31. The lowest BCUT2D eigenvalue weighted by atomic mass is 10.1. The van der Waals surface area contributed by atoms with Crippen molar-refractivity contribution < 1.29 is 45.8 Å². The summed E-state index contributed by atoms with van der Waals surface area (Å²) < 4.78 is 63.5. The van der Waals surface area contributed by atoms with Crippen molar-refractivity contribution in [1.82, 2.24) is 5.32 Å². The number of ether oxygens (including phenoxy) is 3. The van der Waals surface area contributed by atoms with E-state index in [1.54, 1.807) is 36.6 Å². The Balaban J connectivity index is 1.72. The summed E-state index contributed by atoms with van der Waals surface area (Å²) in [5, 5.41) is 1.69. The summed E-state index contributed by atoms with van der Waals surface area (Å²) in [6.45, 7) is 1.21. The molecule has 0 aliphatic carbocycles. The fourth-order valence-electron chi connectivity index (χ4n) is 3.38. The fourth-order valence-corrected chi connectivity index (χ4v) is 4.02. The molecule has 0 saturated heterocycles. The Morgan fingerprint density at radius 2 is 1.87 bits per heavy atom. The number of nitrogens with one attached hydrogen (secondary N) is 1. The molecule has 2 aromatic carbocycles. The van der Waals surface area contributed by atoms with Crippen molar-refractivity contribution in [2.45, 2.75) is 37.7 Å². The molecule has 1 aromatic heterocycles. The first kappa shape index (κ1) is 28.9. The summed E-state index contributed by atoms with van der Waals surface area (Å²) in [5.41, 5.74) is 1.16. The Labute approximate surface area is 219 Å². The Kier molecular flexibility index (Phi) is 10.0. The molecule has 0 radical (unpaired) electrons. The number of carbonyl (C=O) groups is 2. The molecular weight excluding hydrogens is 531 g/mol. The molecule has 0 aliphatic rings. The van der Waals surface area contributed by atoms with Gasteiger partial charge in [0.05, 0.1) is 5.25 Å². The molecule has 3 rings (SSSR count). The highest BCUT2D eigenvalue weighted by atomic mass is 32.2. The van der Waals surface area contributed by atoms with Gasteiger partial charge in [-0.3, -0.25) is 14.9 Å². The third kappa shape index (κ3) is 8.70. The second kappa shape index (κ2) is 13.2. The van der Waals surface area contributed by atoms with Crippen LogP contribution in [0.3, 0.4) is 0 Å². The van der Waals surface area contributed by atoms with Gasteiger partial charge in [-0.05, 0) is 55.0 Å². The number of halogens is 3. The summed E-state index contributed by atoms with van der Waals surface area (Å²) >= 11 is 1.31. The predicted molar refractivity (Wildman–Crippen MR) is 130 cm³/mol. The SMILES string of the molecule is CSC(Cc1ccc(OCC(OCc2oc(=O)oc2C)c2cccc(OC(F)(F)F)c2)cc1)C(=O)NC=O. The number of alkyl halides is 3. The molecule has 38 heavy (non-hydrogen) atoms. The van der Waals surface area contributed by atoms with Crippen molar-refractivity contribution in [2.75, 3.05) is 12.9 Å². The van der Waals surface area contributed by atoms with Gasteiger partial charge in [0.25, 0.3) is 0 Å². The van der Waals surface area contributed by atoms with Crippen LogP contribution in [0.2, 0.25) is 0 Å². The largest absolute Gasteiger partial charge is 0.573 e. The van der Waals surface area contributed by atoms with Crippen molar-refractivity contribution in [3.8, 4) is 11.5 Å². The van der Waals surface area contributed by atoms with E-state index in [-0.39, 0.29) is 24.7 Å². The third-order valence-electron chi connectivity index (χ3n) is 5.24. The minimum Gasteiger partial charge on any atom is -0.491 e. The van der Waals surface area contributed by atoms with Gasteiger partial charge in [-0.25, -0.2) is 4.79 Å². The van der Waals surface area contributed by atoms with Crippen molar-refractivity contribution in [1.29, 1.82) is 0 Å². The van der Waals surface area contributed by atoms with Crippen LogP contribution in [0, 0.1) is 6.92 Å². The van der Waals surface area contributed by atoms with Crippen LogP contribution in [0.1, 0.15) is 28.8 Å². The van der Waals surface area contributed by atoms with Crippen LogP contribution in [-0.2, 0) is 27.4 Å². The monoisotopic (exact) mass is 555 g/mol. The molecule has 1 heterocycles. The maximum absolute atomic E-state index is 12.7. The first-order valence-electron chi connectivity index (χ1n) is 11.1. The van der Waals surface area contributed by atoms with Crippen molar-refractivity contribution >= 4 is 24.1 Å². The second-order valence-corrected chi connectivity index (χ2v) is 8.90. The lowest BCUT2D eigenvalue weighted by Gasteiger charge is -2.20. The summed E-state index contributed by atoms with van der Waals surface area (Å²) in [7, 11) is 0. The van der Waals surface area contributed by atoms with Crippen molar-refractivity contribution in [3.63, 3.8) is 0 Å². The molecule has 0 aliphatic heterocycles. The number of rotatable bonds is 13. The maximum atomic E-state index is 12.7. The smallest absolute Gasteiger partial charge is 0.491 e. The summed E-state index contributed by atoms with van der Waals surface area (Å²) in [4.78, 5) is 33.8. The average molecular weight is 556 g/mol. The molecule has 9 nitrogen and oxygen atoms in total. The average Bonchev–Trinajstić information content (AvgIpc) is 3.19. The normalized spacial score (nSPS) is 13.0. The van der Waals surface area contributed by atoms with E-state index in [1.165, 1.54) is 30.8 Å². The topological polar surface area (TPSA) is 117 Å². The number of amides is 2. The number of benzene rings is 2. The molecule has 204 valence electrons. The molecule has 0 bridgehead atoms. The Hall–Kier alpha value is -3.71. The first-order valence-corrected chi connectivity index (χ1v) is 12.4. The number of carbonyl (C=O) groups excluding carboxylic acids is 2. The van der Waals surface area contributed by atoms with E-state index < -0.39 is 35.2 Å². The van der Waals surface area contributed by atoms with Gasteiger partial charge < -0.3 is 23.0 Å². The van der Waals surface area contributed by atoms with Crippen LogP contribution in [0.4, 0.5) is 13.2 Å². The van der Waals surface area contributed by atoms with Gasteiger partial charge in [-0.2, -0.15) is 11.8 Å². The third-order valence-corrected chi connectivity index (χ3v) is 6.19. The van der Waals surface area contributed by atoms with Crippen LogP contribution >= 0.6 is 11.8 Å². The zero-order valence-corrected chi connectivity index (χ0v) is 21.1. The molecule has 2 atom stereocenters. The highest BCUT2D eigenvalue weighted by Crippen LogP contribution is 2.28. The first-order chi connectivity index (χ1) is 18.1. The zero-order chi connectivity index (χ0) is 27.7. The molecule has 2 amide bonds. The summed E-state index contributed by atoms with van der Waals surface area (Å²) in [6.07, 6.45) is -3.26. The van der Waals surface area contributed by atoms with E-state index >= 15 is 0 Å². The van der Waals surface area contributed by atoms with E-state index in [9.17, 15) is 27.6 Å². The van der Waals surface area contributed by atoms with Crippen LogP contribution < -0.4 is 20.6 Å². The number of thioether (sulfide) groups is 1. The Bertz CT molecular complexity index is 1270. The van der Waals surface area contributed by atoms with Gasteiger partial charge >= 0.3 is 12.2 Å². The molecule has 2 unspecified atom stereocenters. The van der Waals surface area contributed by atoms with E-state index in [4.69, 9.17) is 18.3 Å². The van der Waals surface area contributed by atoms with Gasteiger partial charge in [-0.15, -0.1) is 13.2 Å². The van der Waals surface area contributed by atoms with Crippen LogP contribution in [0.15, 0.2) is 62.2 Å². The van der Waals surface area contributed by atoms with Gasteiger partial charge in [0.15, 0.2) is 5.76 Å². The number of hydrogen-bond acceptors (Lipinski definition) is 9. The maximum Gasteiger partial charge on any atom is 0.573 e. The molecular formula is C25H24F3NO8S. The minimum atomic E-state index is -4.87. The molecule has 13 heteroatoms. The Morgan fingerprint density at radius 3 is 2.47 bits per heavy atom. The minimum absolute atomic E-state index is 0.106. The van der Waals surface area contributed by atoms with Crippen molar-refractivity contribution in [3.05, 3.63) is 81.8 Å².